The summed E-state index contributed by atoms with van der Waals surface area (Å²) < 4.78 is 0. The van der Waals surface area contributed by atoms with Gasteiger partial charge in [-0.05, 0) is 56.4 Å². The Morgan fingerprint density at radius 2 is 1.94 bits per heavy atom. The minimum Gasteiger partial charge on any atom is -0.390 e. The van der Waals surface area contributed by atoms with Gasteiger partial charge in [0.05, 0.1) is 12.1 Å². The van der Waals surface area contributed by atoms with E-state index in [2.05, 4.69) is 16.0 Å². The molecule has 0 bridgehead atoms. The Balaban J connectivity index is 1.52. The fraction of sp³-hybridized carbons (Fsp3) is 0.481. The van der Waals surface area contributed by atoms with Gasteiger partial charge in [-0.1, -0.05) is 36.8 Å². The van der Waals surface area contributed by atoms with E-state index >= 15 is 0 Å². The van der Waals surface area contributed by atoms with Gasteiger partial charge in [-0.15, -0.1) is 0 Å². The molecule has 2 unspecified atom stereocenters. The first kappa shape index (κ1) is 24.2. The molecule has 2 fully saturated rings. The summed E-state index contributed by atoms with van der Waals surface area (Å²) in [4.78, 5) is 27.4. The summed E-state index contributed by atoms with van der Waals surface area (Å²) >= 11 is 0. The SMILES string of the molecule is CCNc1cc(C(=O)NC(Cc2ccccc2)C(O)CNC2CCC2)cc(N2CCCC2=O)c1. The van der Waals surface area contributed by atoms with Gasteiger partial charge >= 0.3 is 0 Å². The molecule has 4 rings (SSSR count). The Morgan fingerprint density at radius 3 is 2.59 bits per heavy atom. The van der Waals surface area contributed by atoms with Crippen molar-refractivity contribution in [1.29, 1.82) is 0 Å². The normalized spacial score (nSPS) is 17.8. The van der Waals surface area contributed by atoms with E-state index in [4.69, 9.17) is 0 Å². The number of nitrogens with zero attached hydrogens (tertiary/aromatic N) is 1. The van der Waals surface area contributed by atoms with Crippen molar-refractivity contribution in [2.45, 2.75) is 63.6 Å². The highest BCUT2D eigenvalue weighted by atomic mass is 16.3. The number of hydrogen-bond acceptors (Lipinski definition) is 5. The molecule has 1 saturated carbocycles. The molecule has 2 aliphatic rings. The average molecular weight is 465 g/mol. The third-order valence-corrected chi connectivity index (χ3v) is 6.75. The van der Waals surface area contributed by atoms with Crippen molar-refractivity contribution >= 4 is 23.2 Å². The molecule has 1 heterocycles. The number of benzene rings is 2. The third kappa shape index (κ3) is 6.15. The second kappa shape index (κ2) is 11.5. The van der Waals surface area contributed by atoms with Gasteiger partial charge < -0.3 is 26.0 Å². The molecule has 34 heavy (non-hydrogen) atoms. The van der Waals surface area contributed by atoms with Crippen molar-refractivity contribution in [3.63, 3.8) is 0 Å². The molecule has 1 aliphatic heterocycles. The molecule has 1 aliphatic carbocycles. The molecule has 0 radical (unpaired) electrons. The van der Waals surface area contributed by atoms with Gasteiger partial charge in [0, 0.05) is 49.0 Å². The summed E-state index contributed by atoms with van der Waals surface area (Å²) in [6.07, 6.45) is 4.67. The van der Waals surface area contributed by atoms with Crippen LogP contribution in [0.4, 0.5) is 11.4 Å². The molecule has 1 saturated heterocycles. The first-order valence-electron chi connectivity index (χ1n) is 12.5. The van der Waals surface area contributed by atoms with E-state index in [-0.39, 0.29) is 11.8 Å². The molecule has 2 amide bonds. The Hall–Kier alpha value is -2.90. The van der Waals surface area contributed by atoms with E-state index in [0.717, 1.165) is 36.2 Å². The van der Waals surface area contributed by atoms with Crippen LogP contribution < -0.4 is 20.9 Å². The van der Waals surface area contributed by atoms with E-state index in [1.54, 1.807) is 17.0 Å². The highest BCUT2D eigenvalue weighted by Crippen LogP contribution is 2.27. The van der Waals surface area contributed by atoms with Crippen LogP contribution in [0.1, 0.15) is 54.9 Å². The van der Waals surface area contributed by atoms with E-state index in [1.807, 2.05) is 43.3 Å². The van der Waals surface area contributed by atoms with Crippen LogP contribution in [0.2, 0.25) is 0 Å². The zero-order valence-corrected chi connectivity index (χ0v) is 19.9. The molecule has 2 atom stereocenters. The van der Waals surface area contributed by atoms with Gasteiger partial charge in [0.1, 0.15) is 0 Å². The Morgan fingerprint density at radius 1 is 1.15 bits per heavy atom. The van der Waals surface area contributed by atoms with Gasteiger partial charge in [0.25, 0.3) is 5.91 Å². The molecule has 2 aromatic rings. The van der Waals surface area contributed by atoms with Crippen molar-refractivity contribution in [3.05, 3.63) is 59.7 Å². The van der Waals surface area contributed by atoms with Crippen LogP contribution >= 0.6 is 0 Å². The minimum absolute atomic E-state index is 0.0828. The third-order valence-electron chi connectivity index (χ3n) is 6.75. The monoisotopic (exact) mass is 464 g/mol. The zero-order valence-electron chi connectivity index (χ0n) is 19.9. The highest BCUT2D eigenvalue weighted by molar-refractivity contribution is 6.00. The number of aliphatic hydroxyl groups excluding tert-OH is 1. The molecule has 7 nitrogen and oxygen atoms in total. The second-order valence-corrected chi connectivity index (χ2v) is 9.32. The highest BCUT2D eigenvalue weighted by Gasteiger charge is 2.27. The average Bonchev–Trinajstić information content (AvgIpc) is 3.24. The van der Waals surface area contributed by atoms with E-state index in [1.165, 1.54) is 6.42 Å². The van der Waals surface area contributed by atoms with E-state index in [0.29, 0.717) is 44.1 Å². The predicted octanol–water partition coefficient (Wildman–Crippen LogP) is 3.09. The lowest BCUT2D eigenvalue weighted by molar-refractivity contribution is -0.117. The van der Waals surface area contributed by atoms with Crippen molar-refractivity contribution in [3.8, 4) is 0 Å². The maximum Gasteiger partial charge on any atom is 0.251 e. The summed E-state index contributed by atoms with van der Waals surface area (Å²) in [6.45, 7) is 3.81. The molecular weight excluding hydrogens is 428 g/mol. The van der Waals surface area contributed by atoms with Crippen LogP contribution in [0, 0.1) is 0 Å². The molecule has 7 heteroatoms. The molecule has 0 spiro atoms. The van der Waals surface area contributed by atoms with Gasteiger partial charge in [-0.25, -0.2) is 0 Å². The maximum absolute atomic E-state index is 13.4. The molecule has 182 valence electrons. The zero-order chi connectivity index (χ0) is 23.9. The number of carbonyl (C=O) groups excluding carboxylic acids is 2. The summed E-state index contributed by atoms with van der Waals surface area (Å²) in [5, 5.41) is 20.8. The first-order valence-corrected chi connectivity index (χ1v) is 12.5. The largest absolute Gasteiger partial charge is 0.390 e. The van der Waals surface area contributed by atoms with E-state index in [9.17, 15) is 14.7 Å². The summed E-state index contributed by atoms with van der Waals surface area (Å²) in [7, 11) is 0. The van der Waals surface area contributed by atoms with Crippen LogP contribution in [-0.2, 0) is 11.2 Å². The summed E-state index contributed by atoms with van der Waals surface area (Å²) in [5.74, 6) is -0.171. The lowest BCUT2D eigenvalue weighted by Crippen LogP contribution is -2.51. The van der Waals surface area contributed by atoms with E-state index < -0.39 is 12.1 Å². The van der Waals surface area contributed by atoms with Crippen molar-refractivity contribution in [2.75, 3.05) is 29.9 Å². The molecular formula is C27H36N4O3. The number of aliphatic hydroxyl groups is 1. The Bertz CT molecular complexity index is 977. The lowest BCUT2D eigenvalue weighted by Gasteiger charge is -2.30. The van der Waals surface area contributed by atoms with Gasteiger partial charge in [0.15, 0.2) is 0 Å². The smallest absolute Gasteiger partial charge is 0.251 e. The van der Waals surface area contributed by atoms with Gasteiger partial charge in [-0.3, -0.25) is 9.59 Å². The van der Waals surface area contributed by atoms with Crippen LogP contribution in [0.5, 0.6) is 0 Å². The second-order valence-electron chi connectivity index (χ2n) is 9.32. The summed E-state index contributed by atoms with van der Waals surface area (Å²) in [5.41, 5.74) is 3.07. The van der Waals surface area contributed by atoms with Crippen molar-refractivity contribution < 1.29 is 14.7 Å². The first-order chi connectivity index (χ1) is 16.5. The Labute approximate surface area is 201 Å². The number of carbonyl (C=O) groups is 2. The molecule has 0 aromatic heterocycles. The predicted molar refractivity (Wildman–Crippen MR) is 135 cm³/mol. The van der Waals surface area contributed by atoms with Crippen LogP contribution in [0.15, 0.2) is 48.5 Å². The van der Waals surface area contributed by atoms with Gasteiger partial charge in [0.2, 0.25) is 5.91 Å². The minimum atomic E-state index is -0.721. The molecule has 2 aromatic carbocycles. The lowest BCUT2D eigenvalue weighted by atomic mass is 9.92. The number of anilines is 2. The Kier molecular flexibility index (Phi) is 8.19. The standard InChI is InChI=1S/C27H36N4O3/c1-2-28-22-15-20(16-23(17-22)31-13-7-12-26(31)33)27(34)30-24(14-19-8-4-3-5-9-19)25(32)18-29-21-10-6-11-21/h3-5,8-9,15-17,21,24-25,28-29,32H,2,6-7,10-14,18H2,1H3,(H,30,34). The van der Waals surface area contributed by atoms with Crippen LogP contribution in [0.3, 0.4) is 0 Å². The van der Waals surface area contributed by atoms with Crippen LogP contribution in [-0.4, -0.2) is 54.7 Å². The molecule has 4 N–H and O–H groups in total. The van der Waals surface area contributed by atoms with Crippen molar-refractivity contribution in [1.82, 2.24) is 10.6 Å². The van der Waals surface area contributed by atoms with Crippen molar-refractivity contribution in [2.24, 2.45) is 0 Å². The number of hydrogen-bond donors (Lipinski definition) is 4. The maximum atomic E-state index is 13.4. The van der Waals surface area contributed by atoms with Gasteiger partial charge in [-0.2, -0.15) is 0 Å². The fourth-order valence-electron chi connectivity index (χ4n) is 4.57. The quantitative estimate of drug-likeness (QED) is 0.410. The number of amides is 2. The van der Waals surface area contributed by atoms with Crippen LogP contribution in [0.25, 0.3) is 0 Å². The number of nitrogens with one attached hydrogen (secondary N) is 3. The summed E-state index contributed by atoms with van der Waals surface area (Å²) in [6, 6.07) is 15.4. The fourth-order valence-corrected chi connectivity index (χ4v) is 4.57. The topological polar surface area (TPSA) is 93.7 Å². The number of rotatable bonds is 11.